The number of aliphatic hydroxyl groups is 1. The highest BCUT2D eigenvalue weighted by Crippen LogP contribution is 2.32. The van der Waals surface area contributed by atoms with Crippen LogP contribution in [0.1, 0.15) is 52.4 Å². The molecule has 0 fully saturated rings. The van der Waals surface area contributed by atoms with Gasteiger partial charge in [-0.2, -0.15) is 0 Å². The maximum Gasteiger partial charge on any atom is 0.0888 e. The molecule has 0 unspecified atom stereocenters. The second kappa shape index (κ2) is 5.40. The first-order chi connectivity index (χ1) is 6.73. The molecule has 0 aliphatic carbocycles. The third-order valence-corrected chi connectivity index (χ3v) is 2.86. The van der Waals surface area contributed by atoms with Gasteiger partial charge in [0.05, 0.1) is 18.5 Å². The molecule has 0 saturated carbocycles. The zero-order chi connectivity index (χ0) is 10.4. The van der Waals surface area contributed by atoms with Crippen molar-refractivity contribution in [3.05, 3.63) is 11.8 Å². The van der Waals surface area contributed by atoms with Crippen LogP contribution in [0.25, 0.3) is 0 Å². The summed E-state index contributed by atoms with van der Waals surface area (Å²) in [6, 6.07) is 0. The molecule has 1 heterocycles. The fourth-order valence-electron chi connectivity index (χ4n) is 2.18. The summed E-state index contributed by atoms with van der Waals surface area (Å²) >= 11 is 0. The lowest BCUT2D eigenvalue weighted by molar-refractivity contribution is 0.0442. The zero-order valence-corrected chi connectivity index (χ0v) is 9.38. The summed E-state index contributed by atoms with van der Waals surface area (Å²) in [5, 5.41) is 10.5. The van der Waals surface area contributed by atoms with Gasteiger partial charge in [-0.25, -0.2) is 0 Å². The normalized spacial score (nSPS) is 17.5. The second-order valence-electron chi connectivity index (χ2n) is 4.15. The van der Waals surface area contributed by atoms with Gasteiger partial charge in [-0.1, -0.05) is 26.7 Å². The summed E-state index contributed by atoms with van der Waals surface area (Å²) in [7, 11) is 0. The van der Waals surface area contributed by atoms with Crippen LogP contribution in [0.15, 0.2) is 11.8 Å². The molecular formula is C12H22O2. The van der Waals surface area contributed by atoms with Crippen molar-refractivity contribution in [3.8, 4) is 0 Å². The number of hydrogen-bond donors (Lipinski definition) is 1. The molecule has 0 saturated heterocycles. The summed E-state index contributed by atoms with van der Waals surface area (Å²) in [5.41, 5.74) is 0.511. The molecule has 82 valence electrons. The van der Waals surface area contributed by atoms with Crippen LogP contribution in [-0.2, 0) is 4.74 Å². The topological polar surface area (TPSA) is 29.5 Å². The van der Waals surface area contributed by atoms with Crippen LogP contribution in [0.4, 0.5) is 0 Å². The Labute approximate surface area is 87.0 Å². The number of hydrogen-bond acceptors (Lipinski definition) is 2. The first-order valence-corrected chi connectivity index (χ1v) is 5.76. The molecule has 1 rings (SSSR count). The second-order valence-corrected chi connectivity index (χ2v) is 4.15. The van der Waals surface area contributed by atoms with E-state index in [2.05, 4.69) is 13.8 Å². The minimum atomic E-state index is -0.593. The smallest absolute Gasteiger partial charge is 0.0888 e. The van der Waals surface area contributed by atoms with Gasteiger partial charge < -0.3 is 9.84 Å². The first kappa shape index (κ1) is 11.6. The Balaban J connectivity index is 2.68. The Bertz CT molecular complexity index is 190. The highest BCUT2D eigenvalue weighted by molar-refractivity contribution is 5.15. The molecule has 1 aliphatic rings. The van der Waals surface area contributed by atoms with Crippen LogP contribution in [0.3, 0.4) is 0 Å². The van der Waals surface area contributed by atoms with E-state index >= 15 is 0 Å². The molecule has 1 N–H and O–H groups in total. The zero-order valence-electron chi connectivity index (χ0n) is 9.38. The minimum absolute atomic E-state index is 0.593. The van der Waals surface area contributed by atoms with Gasteiger partial charge in [-0.05, 0) is 31.3 Å². The van der Waals surface area contributed by atoms with Crippen LogP contribution in [0.2, 0.25) is 0 Å². The molecule has 0 radical (unpaired) electrons. The average Bonchev–Trinajstić information content (AvgIpc) is 2.20. The van der Waals surface area contributed by atoms with Crippen molar-refractivity contribution >= 4 is 0 Å². The quantitative estimate of drug-likeness (QED) is 0.735. The maximum absolute atomic E-state index is 10.5. The molecule has 0 aromatic rings. The molecule has 2 nitrogen and oxygen atoms in total. The lowest BCUT2D eigenvalue weighted by atomic mass is 9.83. The molecule has 1 aliphatic heterocycles. The van der Waals surface area contributed by atoms with Crippen molar-refractivity contribution in [1.82, 2.24) is 0 Å². The van der Waals surface area contributed by atoms with E-state index in [0.29, 0.717) is 0 Å². The van der Waals surface area contributed by atoms with Crippen LogP contribution >= 0.6 is 0 Å². The van der Waals surface area contributed by atoms with Crippen molar-refractivity contribution < 1.29 is 9.84 Å². The largest absolute Gasteiger partial charge is 0.501 e. The summed E-state index contributed by atoms with van der Waals surface area (Å²) < 4.78 is 5.30. The summed E-state index contributed by atoms with van der Waals surface area (Å²) in [6.07, 6.45) is 7.58. The van der Waals surface area contributed by atoms with Crippen molar-refractivity contribution in [3.63, 3.8) is 0 Å². The molecule has 14 heavy (non-hydrogen) atoms. The summed E-state index contributed by atoms with van der Waals surface area (Å²) in [5.74, 6) is 0. The fraction of sp³-hybridized carbons (Fsp3) is 0.833. The van der Waals surface area contributed by atoms with Crippen molar-refractivity contribution in [1.29, 1.82) is 0 Å². The number of ether oxygens (including phenoxy) is 1. The Morgan fingerprint density at radius 1 is 1.36 bits per heavy atom. The molecule has 2 heteroatoms. The maximum atomic E-state index is 10.5. The first-order valence-electron chi connectivity index (χ1n) is 5.76. The van der Waals surface area contributed by atoms with Crippen LogP contribution in [-0.4, -0.2) is 17.3 Å². The van der Waals surface area contributed by atoms with E-state index in [0.717, 1.165) is 50.7 Å². The van der Waals surface area contributed by atoms with E-state index in [-0.39, 0.29) is 0 Å². The van der Waals surface area contributed by atoms with Gasteiger partial charge in [0.1, 0.15) is 0 Å². The van der Waals surface area contributed by atoms with Crippen molar-refractivity contribution in [2.75, 3.05) is 6.61 Å². The molecule has 0 aromatic heterocycles. The van der Waals surface area contributed by atoms with Gasteiger partial charge in [0.25, 0.3) is 0 Å². The Morgan fingerprint density at radius 2 is 2.00 bits per heavy atom. The highest BCUT2D eigenvalue weighted by Gasteiger charge is 2.30. The predicted octanol–water partition coefficient (Wildman–Crippen LogP) is 3.01. The monoisotopic (exact) mass is 198 g/mol. The third kappa shape index (κ3) is 2.74. The van der Waals surface area contributed by atoms with E-state index in [1.54, 1.807) is 6.26 Å². The van der Waals surface area contributed by atoms with E-state index < -0.39 is 5.60 Å². The summed E-state index contributed by atoms with van der Waals surface area (Å²) in [6.45, 7) is 5.04. The highest BCUT2D eigenvalue weighted by atomic mass is 16.5. The SMILES string of the molecule is CCCC(O)(CCC)C1=COCCC1. The lowest BCUT2D eigenvalue weighted by Gasteiger charge is -2.32. The van der Waals surface area contributed by atoms with E-state index in [1.807, 2.05) is 0 Å². The van der Waals surface area contributed by atoms with Gasteiger partial charge in [0.15, 0.2) is 0 Å². The van der Waals surface area contributed by atoms with Gasteiger partial charge in [-0.3, -0.25) is 0 Å². The molecule has 0 aromatic carbocycles. The van der Waals surface area contributed by atoms with Gasteiger partial charge >= 0.3 is 0 Å². The van der Waals surface area contributed by atoms with Gasteiger partial charge in [-0.15, -0.1) is 0 Å². The van der Waals surface area contributed by atoms with Crippen molar-refractivity contribution in [2.24, 2.45) is 0 Å². The molecule has 0 amide bonds. The number of rotatable bonds is 5. The third-order valence-electron chi connectivity index (χ3n) is 2.86. The molecular weight excluding hydrogens is 176 g/mol. The molecule has 0 spiro atoms. The van der Waals surface area contributed by atoms with Gasteiger partial charge in [0.2, 0.25) is 0 Å². The Morgan fingerprint density at radius 3 is 2.43 bits per heavy atom. The standard InChI is InChI=1S/C12H22O2/c1-3-7-12(13,8-4-2)11-6-5-9-14-10-11/h10,13H,3-9H2,1-2H3. The minimum Gasteiger partial charge on any atom is -0.501 e. The van der Waals surface area contributed by atoms with E-state index in [1.165, 1.54) is 0 Å². The fourth-order valence-corrected chi connectivity index (χ4v) is 2.18. The Hall–Kier alpha value is -0.500. The van der Waals surface area contributed by atoms with Gasteiger partial charge in [0, 0.05) is 0 Å². The Kier molecular flexibility index (Phi) is 4.46. The molecule has 0 bridgehead atoms. The average molecular weight is 198 g/mol. The van der Waals surface area contributed by atoms with E-state index in [9.17, 15) is 5.11 Å². The lowest BCUT2D eigenvalue weighted by Crippen LogP contribution is -2.32. The predicted molar refractivity (Wildman–Crippen MR) is 58.0 cm³/mol. The van der Waals surface area contributed by atoms with E-state index in [4.69, 9.17) is 4.74 Å². The van der Waals surface area contributed by atoms with Crippen LogP contribution in [0.5, 0.6) is 0 Å². The molecule has 0 atom stereocenters. The summed E-state index contributed by atoms with van der Waals surface area (Å²) in [4.78, 5) is 0. The van der Waals surface area contributed by atoms with Crippen LogP contribution < -0.4 is 0 Å². The van der Waals surface area contributed by atoms with Crippen molar-refractivity contribution in [2.45, 2.75) is 58.0 Å². The van der Waals surface area contributed by atoms with Crippen LogP contribution in [0, 0.1) is 0 Å².